The van der Waals surface area contributed by atoms with E-state index < -0.39 is 10.0 Å². The molecule has 0 radical (unpaired) electrons. The Hall–Kier alpha value is -1.17. The summed E-state index contributed by atoms with van der Waals surface area (Å²) in [7, 11) is -3.44. The second kappa shape index (κ2) is 6.73. The lowest BCUT2D eigenvalue weighted by Gasteiger charge is -2.25. The molecule has 0 amide bonds. The number of hydrogen-bond acceptors (Lipinski definition) is 3. The van der Waals surface area contributed by atoms with Crippen LogP contribution in [0.5, 0.6) is 0 Å². The van der Waals surface area contributed by atoms with Crippen LogP contribution < -0.4 is 0 Å². The van der Waals surface area contributed by atoms with Crippen LogP contribution in [0.15, 0.2) is 46.7 Å². The molecule has 0 aliphatic heterocycles. The minimum atomic E-state index is -3.44. The molecule has 0 spiro atoms. The number of rotatable bonds is 6. The van der Waals surface area contributed by atoms with Gasteiger partial charge < -0.3 is 0 Å². The van der Waals surface area contributed by atoms with Gasteiger partial charge in [-0.05, 0) is 38.0 Å². The molecule has 0 N–H and O–H groups in total. The fourth-order valence-corrected chi connectivity index (χ4v) is 5.16. The quantitative estimate of drug-likeness (QED) is 0.808. The highest BCUT2D eigenvalue weighted by atomic mass is 32.2. The van der Waals surface area contributed by atoms with Crippen molar-refractivity contribution in [3.63, 3.8) is 0 Å². The highest BCUT2D eigenvalue weighted by Gasteiger charge is 2.28. The predicted octanol–water partition coefficient (Wildman–Crippen LogP) is 3.91. The van der Waals surface area contributed by atoms with Gasteiger partial charge in [-0.3, -0.25) is 0 Å². The lowest BCUT2D eigenvalue weighted by molar-refractivity contribution is 0.349. The SMILES string of the molecule is CCc1ccc(S(=O)(=O)N(Cc2ccccc2)C(C)C)s1. The molecule has 3 nitrogen and oxygen atoms in total. The summed E-state index contributed by atoms with van der Waals surface area (Å²) in [5.74, 6) is 0. The van der Waals surface area contributed by atoms with Crippen LogP contribution in [0.3, 0.4) is 0 Å². The second-order valence-corrected chi connectivity index (χ2v) is 8.49. The van der Waals surface area contributed by atoms with Gasteiger partial charge in [-0.25, -0.2) is 8.42 Å². The van der Waals surface area contributed by atoms with E-state index >= 15 is 0 Å². The van der Waals surface area contributed by atoms with Crippen molar-refractivity contribution >= 4 is 21.4 Å². The van der Waals surface area contributed by atoms with E-state index in [-0.39, 0.29) is 6.04 Å². The van der Waals surface area contributed by atoms with Crippen molar-refractivity contribution in [3.8, 4) is 0 Å². The summed E-state index contributed by atoms with van der Waals surface area (Å²) in [4.78, 5) is 1.09. The zero-order valence-electron chi connectivity index (χ0n) is 12.6. The van der Waals surface area contributed by atoms with Crippen molar-refractivity contribution in [2.75, 3.05) is 0 Å². The average molecular weight is 323 g/mol. The van der Waals surface area contributed by atoms with Crippen LogP contribution in [-0.2, 0) is 23.0 Å². The minimum absolute atomic E-state index is 0.0811. The zero-order chi connectivity index (χ0) is 15.5. The number of thiophene rings is 1. The molecule has 0 saturated heterocycles. The molecular formula is C16H21NO2S2. The normalized spacial score (nSPS) is 12.2. The van der Waals surface area contributed by atoms with Crippen LogP contribution in [0.1, 0.15) is 31.2 Å². The van der Waals surface area contributed by atoms with E-state index in [1.54, 1.807) is 10.4 Å². The second-order valence-electron chi connectivity index (χ2n) is 5.20. The summed E-state index contributed by atoms with van der Waals surface area (Å²) in [5.41, 5.74) is 1.00. The van der Waals surface area contributed by atoms with E-state index in [0.29, 0.717) is 10.8 Å². The van der Waals surface area contributed by atoms with Gasteiger partial charge >= 0.3 is 0 Å². The van der Waals surface area contributed by atoms with Gasteiger partial charge in [0.25, 0.3) is 10.0 Å². The molecule has 1 aromatic heterocycles. The van der Waals surface area contributed by atoms with Crippen LogP contribution in [0.2, 0.25) is 0 Å². The highest BCUT2D eigenvalue weighted by molar-refractivity contribution is 7.91. The van der Waals surface area contributed by atoms with Crippen LogP contribution in [-0.4, -0.2) is 18.8 Å². The molecular weight excluding hydrogens is 302 g/mol. The van der Waals surface area contributed by atoms with E-state index in [2.05, 4.69) is 0 Å². The van der Waals surface area contributed by atoms with Gasteiger partial charge in [0.15, 0.2) is 0 Å². The van der Waals surface area contributed by atoms with Crippen LogP contribution in [0.25, 0.3) is 0 Å². The van der Waals surface area contributed by atoms with Crippen molar-refractivity contribution in [1.82, 2.24) is 4.31 Å². The highest BCUT2D eigenvalue weighted by Crippen LogP contribution is 2.27. The smallest absolute Gasteiger partial charge is 0.206 e. The van der Waals surface area contributed by atoms with Gasteiger partial charge in [-0.15, -0.1) is 11.3 Å². The molecule has 0 unspecified atom stereocenters. The Kier molecular flexibility index (Phi) is 5.19. The lowest BCUT2D eigenvalue weighted by Crippen LogP contribution is -2.35. The molecule has 1 aromatic carbocycles. The zero-order valence-corrected chi connectivity index (χ0v) is 14.2. The Labute approximate surface area is 131 Å². The van der Waals surface area contributed by atoms with Crippen molar-refractivity contribution in [2.45, 2.75) is 44.0 Å². The van der Waals surface area contributed by atoms with E-state index in [9.17, 15) is 8.42 Å². The van der Waals surface area contributed by atoms with Gasteiger partial charge in [0.2, 0.25) is 0 Å². The number of benzene rings is 1. The minimum Gasteiger partial charge on any atom is -0.206 e. The first-order chi connectivity index (χ1) is 9.95. The summed E-state index contributed by atoms with van der Waals surface area (Å²) in [6.07, 6.45) is 0.862. The van der Waals surface area contributed by atoms with Gasteiger partial charge in [-0.1, -0.05) is 37.3 Å². The number of nitrogens with zero attached hydrogens (tertiary/aromatic N) is 1. The molecule has 21 heavy (non-hydrogen) atoms. The summed E-state index contributed by atoms with van der Waals surface area (Å²) in [6, 6.07) is 13.2. The van der Waals surface area contributed by atoms with Gasteiger partial charge in [0, 0.05) is 17.5 Å². The Bertz CT molecular complexity index is 675. The maximum absolute atomic E-state index is 12.8. The number of sulfonamides is 1. The van der Waals surface area contributed by atoms with Crippen LogP contribution in [0, 0.1) is 0 Å². The molecule has 5 heteroatoms. The lowest BCUT2D eigenvalue weighted by atomic mass is 10.2. The van der Waals surface area contributed by atoms with E-state index in [4.69, 9.17) is 0 Å². The number of hydrogen-bond donors (Lipinski definition) is 0. The Balaban J connectivity index is 2.32. The van der Waals surface area contributed by atoms with Crippen molar-refractivity contribution in [1.29, 1.82) is 0 Å². The fourth-order valence-electron chi connectivity index (χ4n) is 2.11. The van der Waals surface area contributed by atoms with E-state index in [0.717, 1.165) is 16.9 Å². The largest absolute Gasteiger partial charge is 0.253 e. The molecule has 0 bridgehead atoms. The van der Waals surface area contributed by atoms with Crippen molar-refractivity contribution in [2.24, 2.45) is 0 Å². The molecule has 0 saturated carbocycles. The summed E-state index contributed by atoms with van der Waals surface area (Å²) in [6.45, 7) is 6.26. The number of aryl methyl sites for hydroxylation is 1. The third-order valence-electron chi connectivity index (χ3n) is 3.31. The first-order valence-corrected chi connectivity index (χ1v) is 9.35. The predicted molar refractivity (Wildman–Crippen MR) is 88.0 cm³/mol. The molecule has 0 fully saturated rings. The third kappa shape index (κ3) is 3.73. The van der Waals surface area contributed by atoms with Crippen LogP contribution >= 0.6 is 11.3 Å². The first kappa shape index (κ1) is 16.2. The Morgan fingerprint density at radius 2 is 1.76 bits per heavy atom. The molecule has 0 aliphatic carbocycles. The molecule has 2 rings (SSSR count). The molecule has 2 aromatic rings. The van der Waals surface area contributed by atoms with Gasteiger partial charge in [-0.2, -0.15) is 4.31 Å². The molecule has 114 valence electrons. The van der Waals surface area contributed by atoms with E-state index in [1.807, 2.05) is 57.2 Å². The third-order valence-corrected chi connectivity index (χ3v) is 7.02. The molecule has 0 atom stereocenters. The van der Waals surface area contributed by atoms with Crippen LogP contribution in [0.4, 0.5) is 0 Å². The summed E-state index contributed by atoms with van der Waals surface area (Å²) >= 11 is 1.37. The first-order valence-electron chi connectivity index (χ1n) is 7.09. The maximum atomic E-state index is 12.8. The Morgan fingerprint density at radius 1 is 1.10 bits per heavy atom. The fraction of sp³-hybridized carbons (Fsp3) is 0.375. The summed E-state index contributed by atoms with van der Waals surface area (Å²) in [5, 5.41) is 0. The molecule has 0 aliphatic rings. The summed E-state index contributed by atoms with van der Waals surface area (Å²) < 4.78 is 27.7. The Morgan fingerprint density at radius 3 is 2.29 bits per heavy atom. The average Bonchev–Trinajstić information content (AvgIpc) is 2.95. The van der Waals surface area contributed by atoms with E-state index in [1.165, 1.54) is 11.3 Å². The van der Waals surface area contributed by atoms with Crippen molar-refractivity contribution in [3.05, 3.63) is 52.9 Å². The standard InChI is InChI=1S/C16H21NO2S2/c1-4-15-10-11-16(20-15)21(18,19)17(13(2)3)12-14-8-6-5-7-9-14/h5-11,13H,4,12H2,1-3H3. The molecule has 1 heterocycles. The van der Waals surface area contributed by atoms with Gasteiger partial charge in [0.1, 0.15) is 4.21 Å². The maximum Gasteiger partial charge on any atom is 0.253 e. The van der Waals surface area contributed by atoms with Gasteiger partial charge in [0.05, 0.1) is 0 Å². The van der Waals surface area contributed by atoms with Crippen molar-refractivity contribution < 1.29 is 8.42 Å². The monoisotopic (exact) mass is 323 g/mol. The topological polar surface area (TPSA) is 37.4 Å².